The van der Waals surface area contributed by atoms with E-state index >= 15 is 0 Å². The Morgan fingerprint density at radius 2 is 1.81 bits per heavy atom. The lowest BCUT2D eigenvalue weighted by molar-refractivity contribution is -0.137. The highest BCUT2D eigenvalue weighted by molar-refractivity contribution is 5.55. The van der Waals surface area contributed by atoms with E-state index < -0.39 is 11.7 Å². The smallest absolute Gasteiger partial charge is 0.416 e. The van der Waals surface area contributed by atoms with Gasteiger partial charge in [0.05, 0.1) is 19.2 Å². The molecule has 3 aromatic rings. The van der Waals surface area contributed by atoms with Crippen molar-refractivity contribution in [3.05, 3.63) is 65.5 Å². The fourth-order valence-corrected chi connectivity index (χ4v) is 2.60. The average molecular weight is 377 g/mol. The van der Waals surface area contributed by atoms with Crippen molar-refractivity contribution >= 4 is 0 Å². The van der Waals surface area contributed by atoms with Crippen molar-refractivity contribution in [2.75, 3.05) is 14.2 Å². The molecule has 1 aromatic heterocycles. The third-order valence-corrected chi connectivity index (χ3v) is 3.93. The Labute approximate surface area is 154 Å². The quantitative estimate of drug-likeness (QED) is 0.637. The molecule has 3 rings (SSSR count). The molecule has 2 aromatic carbocycles. The summed E-state index contributed by atoms with van der Waals surface area (Å²) >= 11 is 0. The van der Waals surface area contributed by atoms with Crippen molar-refractivity contribution in [2.24, 2.45) is 0 Å². The molecule has 0 spiro atoms. The number of methoxy groups -OCH3 is 1. The molecule has 27 heavy (non-hydrogen) atoms. The maximum absolute atomic E-state index is 12.8. The van der Waals surface area contributed by atoms with Crippen LogP contribution in [0, 0.1) is 0 Å². The Hall–Kier alpha value is -2.87. The number of benzene rings is 2. The predicted molar refractivity (Wildman–Crippen MR) is 92.9 cm³/mol. The molecule has 0 aliphatic carbocycles. The van der Waals surface area contributed by atoms with Gasteiger partial charge in [0.15, 0.2) is 0 Å². The molecule has 5 nitrogen and oxygen atoms in total. The van der Waals surface area contributed by atoms with Gasteiger partial charge in [0.25, 0.3) is 0 Å². The normalized spacial score (nSPS) is 11.8. The van der Waals surface area contributed by atoms with E-state index in [0.717, 1.165) is 23.4 Å². The number of hydrogen-bond acceptors (Lipinski definition) is 5. The van der Waals surface area contributed by atoms with Gasteiger partial charge in [-0.05, 0) is 36.9 Å². The summed E-state index contributed by atoms with van der Waals surface area (Å²) in [5.41, 5.74) is 0.594. The number of hydrogen-bond donors (Lipinski definition) is 0. The molecule has 0 saturated carbocycles. The second-order valence-corrected chi connectivity index (χ2v) is 6.11. The standard InChI is InChI=1S/C19H18F3N3O2/c1-25(11-13-6-8-16(26-2)9-7-13)12-17-23-18(24-27-17)14-4-3-5-15(10-14)19(20,21)22/h3-10H,11-12H2,1-2H3. The Balaban J connectivity index is 1.67. The SMILES string of the molecule is COc1ccc(CN(C)Cc2nc(-c3cccc(C(F)(F)F)c3)no2)cc1. The van der Waals surface area contributed by atoms with Crippen molar-refractivity contribution in [1.29, 1.82) is 0 Å². The Bertz CT molecular complexity index is 892. The van der Waals surface area contributed by atoms with E-state index in [9.17, 15) is 13.2 Å². The summed E-state index contributed by atoms with van der Waals surface area (Å²) in [4.78, 5) is 6.17. The molecule has 0 aliphatic rings. The second-order valence-electron chi connectivity index (χ2n) is 6.11. The third kappa shape index (κ3) is 4.85. The maximum atomic E-state index is 12.8. The highest BCUT2D eigenvalue weighted by Crippen LogP contribution is 2.31. The number of rotatable bonds is 6. The van der Waals surface area contributed by atoms with Crippen LogP contribution in [0.1, 0.15) is 17.0 Å². The molecule has 0 N–H and O–H groups in total. The predicted octanol–water partition coefficient (Wildman–Crippen LogP) is 4.40. The van der Waals surface area contributed by atoms with Crippen molar-refractivity contribution in [1.82, 2.24) is 15.0 Å². The van der Waals surface area contributed by atoms with Gasteiger partial charge in [-0.25, -0.2) is 0 Å². The van der Waals surface area contributed by atoms with Crippen LogP contribution < -0.4 is 4.74 Å². The van der Waals surface area contributed by atoms with Crippen molar-refractivity contribution in [2.45, 2.75) is 19.3 Å². The van der Waals surface area contributed by atoms with Crippen molar-refractivity contribution in [3.63, 3.8) is 0 Å². The van der Waals surface area contributed by atoms with Gasteiger partial charge in [0, 0.05) is 12.1 Å². The minimum absolute atomic E-state index is 0.133. The number of nitrogens with zero attached hydrogens (tertiary/aromatic N) is 3. The van der Waals surface area contributed by atoms with Crippen molar-refractivity contribution in [3.8, 4) is 17.1 Å². The van der Waals surface area contributed by atoms with E-state index in [-0.39, 0.29) is 11.4 Å². The molecule has 0 saturated heterocycles. The van der Waals surface area contributed by atoms with Gasteiger partial charge < -0.3 is 9.26 Å². The minimum atomic E-state index is -4.42. The van der Waals surface area contributed by atoms with E-state index in [4.69, 9.17) is 9.26 Å². The molecular weight excluding hydrogens is 359 g/mol. The van der Waals surface area contributed by atoms with Gasteiger partial charge in [0.1, 0.15) is 5.75 Å². The largest absolute Gasteiger partial charge is 0.497 e. The lowest BCUT2D eigenvalue weighted by Gasteiger charge is -2.14. The first-order valence-electron chi connectivity index (χ1n) is 8.17. The summed E-state index contributed by atoms with van der Waals surface area (Å²) in [6.45, 7) is 1.02. The zero-order chi connectivity index (χ0) is 19.4. The van der Waals surface area contributed by atoms with Crippen molar-refractivity contribution < 1.29 is 22.4 Å². The molecule has 142 valence electrons. The summed E-state index contributed by atoms with van der Waals surface area (Å²) < 4.78 is 48.8. The first-order valence-corrected chi connectivity index (χ1v) is 8.17. The van der Waals surface area contributed by atoms with Gasteiger partial charge in [-0.3, -0.25) is 4.90 Å². The Morgan fingerprint density at radius 1 is 1.07 bits per heavy atom. The fraction of sp³-hybridized carbons (Fsp3) is 0.263. The number of ether oxygens (including phenoxy) is 1. The molecule has 0 fully saturated rings. The van der Waals surface area contributed by atoms with Crippen LogP contribution in [0.2, 0.25) is 0 Å². The lowest BCUT2D eigenvalue weighted by atomic mass is 10.1. The molecule has 0 amide bonds. The molecule has 0 atom stereocenters. The molecule has 0 aliphatic heterocycles. The van der Waals surface area contributed by atoms with Crippen LogP contribution in [0.5, 0.6) is 5.75 Å². The van der Waals surface area contributed by atoms with Gasteiger partial charge in [-0.15, -0.1) is 0 Å². The van der Waals surface area contributed by atoms with Crippen LogP contribution in [-0.4, -0.2) is 29.2 Å². The van der Waals surface area contributed by atoms with Crippen LogP contribution in [0.4, 0.5) is 13.2 Å². The molecule has 0 bridgehead atoms. The number of alkyl halides is 3. The summed E-state index contributed by atoms with van der Waals surface area (Å²) in [5, 5.41) is 3.80. The zero-order valence-electron chi connectivity index (χ0n) is 14.8. The fourth-order valence-electron chi connectivity index (χ4n) is 2.60. The van der Waals surface area contributed by atoms with Gasteiger partial charge in [-0.1, -0.05) is 29.4 Å². The number of halogens is 3. The minimum Gasteiger partial charge on any atom is -0.497 e. The van der Waals surface area contributed by atoms with E-state index in [1.54, 1.807) is 7.11 Å². The van der Waals surface area contributed by atoms with Crippen LogP contribution in [0.15, 0.2) is 53.1 Å². The molecule has 1 heterocycles. The lowest BCUT2D eigenvalue weighted by Crippen LogP contribution is -2.17. The Morgan fingerprint density at radius 3 is 2.48 bits per heavy atom. The average Bonchev–Trinajstić information content (AvgIpc) is 3.10. The van der Waals surface area contributed by atoms with Crippen LogP contribution in [0.25, 0.3) is 11.4 Å². The molecule has 0 radical (unpaired) electrons. The van der Waals surface area contributed by atoms with Crippen LogP contribution in [-0.2, 0) is 19.3 Å². The summed E-state index contributed by atoms with van der Waals surface area (Å²) in [6.07, 6.45) is -4.42. The molecule has 8 heteroatoms. The van der Waals surface area contributed by atoms with Crippen LogP contribution >= 0.6 is 0 Å². The first kappa shape index (κ1) is 18.9. The third-order valence-electron chi connectivity index (χ3n) is 3.93. The highest BCUT2D eigenvalue weighted by atomic mass is 19.4. The summed E-state index contributed by atoms with van der Waals surface area (Å²) in [5.74, 6) is 1.25. The monoisotopic (exact) mass is 377 g/mol. The number of aromatic nitrogens is 2. The topological polar surface area (TPSA) is 51.4 Å². The zero-order valence-corrected chi connectivity index (χ0v) is 14.8. The van der Waals surface area contributed by atoms with Crippen LogP contribution in [0.3, 0.4) is 0 Å². The molecule has 0 unspecified atom stereocenters. The summed E-state index contributed by atoms with van der Waals surface area (Å²) in [7, 11) is 3.50. The second kappa shape index (κ2) is 7.79. The van der Waals surface area contributed by atoms with E-state index in [0.29, 0.717) is 19.0 Å². The van der Waals surface area contributed by atoms with Gasteiger partial charge >= 0.3 is 6.18 Å². The van der Waals surface area contributed by atoms with Gasteiger partial charge in [-0.2, -0.15) is 18.2 Å². The highest BCUT2D eigenvalue weighted by Gasteiger charge is 2.30. The maximum Gasteiger partial charge on any atom is 0.416 e. The Kier molecular flexibility index (Phi) is 5.46. The summed E-state index contributed by atoms with van der Waals surface area (Å²) in [6, 6.07) is 12.5. The van der Waals surface area contributed by atoms with E-state index in [1.807, 2.05) is 36.2 Å². The van der Waals surface area contributed by atoms with E-state index in [2.05, 4.69) is 10.1 Å². The molecular formula is C19H18F3N3O2. The first-order chi connectivity index (χ1) is 12.8. The van der Waals surface area contributed by atoms with E-state index in [1.165, 1.54) is 12.1 Å². The van der Waals surface area contributed by atoms with Gasteiger partial charge in [0.2, 0.25) is 11.7 Å².